The van der Waals surface area contributed by atoms with Crippen LogP contribution in [0.15, 0.2) is 71.6 Å². The van der Waals surface area contributed by atoms with Crippen LogP contribution in [0.25, 0.3) is 0 Å². The number of halogens is 1. The van der Waals surface area contributed by atoms with E-state index in [0.29, 0.717) is 36.9 Å². The molecular weight excluding hydrogens is 498 g/mol. The zero-order valence-corrected chi connectivity index (χ0v) is 22.2. The molecule has 0 N–H and O–H groups in total. The Morgan fingerprint density at radius 2 is 1.58 bits per heavy atom. The van der Waals surface area contributed by atoms with Gasteiger partial charge >= 0.3 is 0 Å². The van der Waals surface area contributed by atoms with E-state index >= 15 is 0 Å². The zero-order valence-electron chi connectivity index (χ0n) is 20.6. The molecule has 0 bridgehead atoms. The molecule has 0 aromatic heterocycles. The molecule has 3 aromatic rings. The maximum absolute atomic E-state index is 13.6. The lowest BCUT2D eigenvalue weighted by Gasteiger charge is -2.37. The lowest BCUT2D eigenvalue weighted by molar-refractivity contribution is -0.129. The summed E-state index contributed by atoms with van der Waals surface area (Å²) in [6, 6.07) is 19.5. The summed E-state index contributed by atoms with van der Waals surface area (Å²) in [5.74, 6) is 0.537. The molecule has 1 fully saturated rings. The quantitative estimate of drug-likeness (QED) is 0.452. The number of anilines is 2. The second-order valence-corrected chi connectivity index (χ2v) is 11.1. The van der Waals surface area contributed by atoms with Gasteiger partial charge in [-0.3, -0.25) is 9.10 Å². The average Bonchev–Trinajstić information content (AvgIpc) is 2.89. The molecule has 1 amide bonds. The molecule has 36 heavy (non-hydrogen) atoms. The number of aryl methyl sites for hydroxylation is 2. The summed E-state index contributed by atoms with van der Waals surface area (Å²) in [7, 11) is -2.36. The van der Waals surface area contributed by atoms with Crippen LogP contribution in [0.5, 0.6) is 5.75 Å². The number of rotatable bonds is 7. The normalized spacial score (nSPS) is 14.0. The second kappa shape index (κ2) is 10.8. The summed E-state index contributed by atoms with van der Waals surface area (Å²) < 4.78 is 33.7. The van der Waals surface area contributed by atoms with Crippen molar-refractivity contribution in [2.45, 2.75) is 18.7 Å². The van der Waals surface area contributed by atoms with Crippen molar-refractivity contribution in [3.05, 3.63) is 82.9 Å². The molecular formula is C27H30ClN3O4S. The van der Waals surface area contributed by atoms with E-state index in [1.54, 1.807) is 54.5 Å². The maximum atomic E-state index is 13.6. The van der Waals surface area contributed by atoms with E-state index in [1.807, 2.05) is 38.1 Å². The molecule has 0 radical (unpaired) electrons. The van der Waals surface area contributed by atoms with Crippen molar-refractivity contribution in [3.8, 4) is 5.75 Å². The minimum atomic E-state index is -3.99. The van der Waals surface area contributed by atoms with Crippen molar-refractivity contribution in [1.82, 2.24) is 4.90 Å². The van der Waals surface area contributed by atoms with Crippen molar-refractivity contribution >= 4 is 38.9 Å². The summed E-state index contributed by atoms with van der Waals surface area (Å²) >= 11 is 6.32. The van der Waals surface area contributed by atoms with Gasteiger partial charge in [0.25, 0.3) is 10.0 Å². The first kappa shape index (κ1) is 25.9. The first-order chi connectivity index (χ1) is 17.2. The van der Waals surface area contributed by atoms with Gasteiger partial charge in [-0.25, -0.2) is 8.42 Å². The minimum Gasteiger partial charge on any atom is -0.497 e. The van der Waals surface area contributed by atoms with Gasteiger partial charge in [-0.2, -0.15) is 0 Å². The lowest BCUT2D eigenvalue weighted by atomic mass is 10.2. The molecule has 0 aliphatic carbocycles. The number of sulfonamides is 1. The predicted molar refractivity (Wildman–Crippen MR) is 144 cm³/mol. The molecule has 0 unspecified atom stereocenters. The van der Waals surface area contributed by atoms with E-state index in [-0.39, 0.29) is 17.3 Å². The highest BCUT2D eigenvalue weighted by Gasteiger charge is 2.30. The summed E-state index contributed by atoms with van der Waals surface area (Å²) in [6.07, 6.45) is 0. The van der Waals surface area contributed by atoms with Crippen molar-refractivity contribution in [1.29, 1.82) is 0 Å². The molecule has 0 saturated carbocycles. The molecule has 3 aromatic carbocycles. The van der Waals surface area contributed by atoms with Gasteiger partial charge in [-0.15, -0.1) is 0 Å². The Kier molecular flexibility index (Phi) is 7.76. The van der Waals surface area contributed by atoms with Crippen LogP contribution in [0, 0.1) is 13.8 Å². The zero-order chi connectivity index (χ0) is 25.9. The van der Waals surface area contributed by atoms with Crippen LogP contribution in [0.2, 0.25) is 5.02 Å². The Labute approximate surface area is 217 Å². The number of nitrogens with zero attached hydrogens (tertiary/aromatic N) is 3. The van der Waals surface area contributed by atoms with Crippen molar-refractivity contribution in [2.24, 2.45) is 0 Å². The lowest BCUT2D eigenvalue weighted by Crippen LogP contribution is -2.52. The monoisotopic (exact) mass is 527 g/mol. The third kappa shape index (κ3) is 5.60. The minimum absolute atomic E-state index is 0.127. The number of benzene rings is 3. The van der Waals surface area contributed by atoms with Gasteiger partial charge in [-0.1, -0.05) is 35.4 Å². The van der Waals surface area contributed by atoms with Crippen LogP contribution in [0.3, 0.4) is 0 Å². The number of hydrogen-bond donors (Lipinski definition) is 0. The third-order valence-corrected chi connectivity index (χ3v) is 8.60. The first-order valence-electron chi connectivity index (χ1n) is 11.7. The van der Waals surface area contributed by atoms with E-state index in [4.69, 9.17) is 16.3 Å². The Bertz CT molecular complexity index is 1320. The van der Waals surface area contributed by atoms with Crippen molar-refractivity contribution in [3.63, 3.8) is 0 Å². The van der Waals surface area contributed by atoms with Gasteiger partial charge in [0.15, 0.2) is 0 Å². The van der Waals surface area contributed by atoms with E-state index in [9.17, 15) is 13.2 Å². The molecule has 0 atom stereocenters. The highest BCUT2D eigenvalue weighted by Crippen LogP contribution is 2.29. The fourth-order valence-corrected chi connectivity index (χ4v) is 5.70. The van der Waals surface area contributed by atoms with Crippen molar-refractivity contribution in [2.75, 3.05) is 49.0 Å². The number of hydrogen-bond acceptors (Lipinski definition) is 5. The number of ether oxygens (including phenoxy) is 1. The number of methoxy groups -OCH3 is 1. The number of amides is 1. The summed E-state index contributed by atoms with van der Waals surface area (Å²) in [5, 5.41) is 0.442. The molecule has 1 heterocycles. The van der Waals surface area contributed by atoms with E-state index in [1.165, 1.54) is 0 Å². The van der Waals surface area contributed by atoms with Gasteiger partial charge in [-0.05, 0) is 67.9 Å². The summed E-state index contributed by atoms with van der Waals surface area (Å²) in [4.78, 5) is 17.4. The molecule has 9 heteroatoms. The first-order valence-corrected chi connectivity index (χ1v) is 13.5. The number of carbonyl (C=O) groups is 1. The van der Waals surface area contributed by atoms with Gasteiger partial charge in [0.05, 0.1) is 17.7 Å². The maximum Gasteiger partial charge on any atom is 0.264 e. The Morgan fingerprint density at radius 3 is 2.17 bits per heavy atom. The van der Waals surface area contributed by atoms with Gasteiger partial charge in [0.1, 0.15) is 12.3 Å². The number of carbonyl (C=O) groups excluding carboxylic acids is 1. The Balaban J connectivity index is 1.53. The largest absolute Gasteiger partial charge is 0.497 e. The number of piperazine rings is 1. The van der Waals surface area contributed by atoms with E-state index in [2.05, 4.69) is 4.90 Å². The highest BCUT2D eigenvalue weighted by atomic mass is 35.5. The Hall–Kier alpha value is -3.23. The SMILES string of the molecule is COc1ccc(N2CCN(C(=O)CN(c3ccc(C)c(Cl)c3)S(=O)(=O)c3ccc(C)cc3)CC2)cc1. The summed E-state index contributed by atoms with van der Waals surface area (Å²) in [6.45, 7) is 5.73. The van der Waals surface area contributed by atoms with Crippen LogP contribution in [0.1, 0.15) is 11.1 Å². The fourth-order valence-electron chi connectivity index (χ4n) is 4.12. The smallest absolute Gasteiger partial charge is 0.264 e. The second-order valence-electron chi connectivity index (χ2n) is 8.82. The standard InChI is InChI=1S/C27H30ClN3O4S/c1-20-4-12-25(13-5-20)36(33,34)31(23-7-6-21(2)26(28)18-23)19-27(32)30-16-14-29(15-17-30)22-8-10-24(35-3)11-9-22/h4-13,18H,14-17,19H2,1-3H3. The van der Waals surface area contributed by atoms with Crippen LogP contribution in [-0.4, -0.2) is 59.1 Å². The summed E-state index contributed by atoms with van der Waals surface area (Å²) in [5.41, 5.74) is 3.19. The van der Waals surface area contributed by atoms with Crippen LogP contribution in [0.4, 0.5) is 11.4 Å². The van der Waals surface area contributed by atoms with Gasteiger partial charge in [0.2, 0.25) is 5.91 Å². The molecule has 1 saturated heterocycles. The van der Waals surface area contributed by atoms with Crippen LogP contribution < -0.4 is 13.9 Å². The van der Waals surface area contributed by atoms with Gasteiger partial charge < -0.3 is 14.5 Å². The molecule has 1 aliphatic heterocycles. The van der Waals surface area contributed by atoms with Crippen LogP contribution in [-0.2, 0) is 14.8 Å². The van der Waals surface area contributed by atoms with Gasteiger partial charge in [0, 0.05) is 36.9 Å². The molecule has 0 spiro atoms. The van der Waals surface area contributed by atoms with Crippen molar-refractivity contribution < 1.29 is 17.9 Å². The van der Waals surface area contributed by atoms with E-state index < -0.39 is 10.0 Å². The predicted octanol–water partition coefficient (Wildman–Crippen LogP) is 4.51. The average molecular weight is 528 g/mol. The molecule has 7 nitrogen and oxygen atoms in total. The molecule has 4 rings (SSSR count). The fraction of sp³-hybridized carbons (Fsp3) is 0.296. The third-order valence-electron chi connectivity index (χ3n) is 6.40. The van der Waals surface area contributed by atoms with Crippen LogP contribution >= 0.6 is 11.6 Å². The Morgan fingerprint density at radius 1 is 0.944 bits per heavy atom. The molecule has 1 aliphatic rings. The topological polar surface area (TPSA) is 70.2 Å². The van der Waals surface area contributed by atoms with E-state index in [0.717, 1.165) is 26.9 Å². The highest BCUT2D eigenvalue weighted by molar-refractivity contribution is 7.92. The molecule has 190 valence electrons.